The van der Waals surface area contributed by atoms with Crippen molar-refractivity contribution in [1.29, 1.82) is 0 Å². The summed E-state index contributed by atoms with van der Waals surface area (Å²) < 4.78 is 24.4. The smallest absolute Gasteiger partial charge is 0.123 e. The van der Waals surface area contributed by atoms with E-state index in [0.29, 0.717) is 11.9 Å². The summed E-state index contributed by atoms with van der Waals surface area (Å²) in [5, 5.41) is 0. The third kappa shape index (κ3) is 3.91. The number of benzene rings is 1. The first kappa shape index (κ1) is 15.2. The molecule has 1 aliphatic heterocycles. The minimum absolute atomic E-state index is 0.133. The van der Waals surface area contributed by atoms with Gasteiger partial charge in [-0.1, -0.05) is 0 Å². The topological polar surface area (TPSA) is 56.5 Å². The first-order valence-corrected chi connectivity index (χ1v) is 7.15. The molecule has 0 aliphatic carbocycles. The van der Waals surface area contributed by atoms with Crippen LogP contribution >= 0.6 is 0 Å². The molecule has 1 saturated heterocycles. The van der Waals surface area contributed by atoms with Crippen LogP contribution in [0.15, 0.2) is 18.2 Å². The Balaban J connectivity index is 2.01. The van der Waals surface area contributed by atoms with E-state index >= 15 is 0 Å². The van der Waals surface area contributed by atoms with Crippen LogP contribution < -0.4 is 16.0 Å². The third-order valence-electron chi connectivity index (χ3n) is 3.82. The van der Waals surface area contributed by atoms with E-state index in [4.69, 9.17) is 15.3 Å². The second-order valence-electron chi connectivity index (χ2n) is 5.17. The molecule has 0 spiro atoms. The second-order valence-corrected chi connectivity index (χ2v) is 5.17. The van der Waals surface area contributed by atoms with Crippen molar-refractivity contribution >= 4 is 0 Å². The zero-order valence-electron chi connectivity index (χ0n) is 11.9. The highest BCUT2D eigenvalue weighted by atomic mass is 19.1. The van der Waals surface area contributed by atoms with Crippen LogP contribution in [0.4, 0.5) is 4.39 Å². The molecule has 0 amide bonds. The molecule has 20 heavy (non-hydrogen) atoms. The van der Waals surface area contributed by atoms with Crippen molar-refractivity contribution in [2.75, 3.05) is 13.7 Å². The zero-order chi connectivity index (χ0) is 14.4. The van der Waals surface area contributed by atoms with E-state index in [9.17, 15) is 4.39 Å². The van der Waals surface area contributed by atoms with Crippen molar-refractivity contribution in [3.05, 3.63) is 29.6 Å². The van der Waals surface area contributed by atoms with Crippen LogP contribution in [-0.2, 0) is 4.74 Å². The number of nitrogens with two attached hydrogens (primary N) is 1. The molecular weight excluding hydrogens is 259 g/mol. The highest BCUT2D eigenvalue weighted by Crippen LogP contribution is 2.30. The quantitative estimate of drug-likeness (QED) is 0.622. The number of hydrazine groups is 1. The summed E-state index contributed by atoms with van der Waals surface area (Å²) in [5.74, 6) is 5.99. The van der Waals surface area contributed by atoms with Gasteiger partial charge in [0.1, 0.15) is 11.6 Å². The highest BCUT2D eigenvalue weighted by Gasteiger charge is 2.20. The highest BCUT2D eigenvalue weighted by molar-refractivity contribution is 5.36. The molecule has 112 valence electrons. The Hall–Kier alpha value is -1.17. The Kier molecular flexibility index (Phi) is 5.76. The number of nitrogens with one attached hydrogen (secondary N) is 1. The van der Waals surface area contributed by atoms with Crippen LogP contribution in [0.5, 0.6) is 5.75 Å². The minimum Gasteiger partial charge on any atom is -0.496 e. The lowest BCUT2D eigenvalue weighted by atomic mass is 9.97. The number of hydrogen-bond acceptors (Lipinski definition) is 4. The molecule has 1 heterocycles. The molecule has 4 nitrogen and oxygen atoms in total. The minimum atomic E-state index is -0.282. The summed E-state index contributed by atoms with van der Waals surface area (Å²) >= 11 is 0. The number of rotatable bonds is 6. The Bertz CT molecular complexity index is 422. The Morgan fingerprint density at radius 1 is 1.50 bits per heavy atom. The third-order valence-corrected chi connectivity index (χ3v) is 3.82. The molecule has 1 aliphatic rings. The first-order chi connectivity index (χ1) is 9.74. The van der Waals surface area contributed by atoms with Gasteiger partial charge in [0.2, 0.25) is 0 Å². The lowest BCUT2D eigenvalue weighted by Crippen LogP contribution is -2.30. The van der Waals surface area contributed by atoms with Gasteiger partial charge >= 0.3 is 0 Å². The second kappa shape index (κ2) is 7.57. The fraction of sp³-hybridized carbons (Fsp3) is 0.600. The fourth-order valence-electron chi connectivity index (χ4n) is 2.69. The SMILES string of the molecule is COc1ccc(F)cc1C(CCC1CCCCO1)NN. The van der Waals surface area contributed by atoms with E-state index in [0.717, 1.165) is 37.9 Å². The normalized spacial score (nSPS) is 20.6. The Morgan fingerprint density at radius 3 is 3.00 bits per heavy atom. The summed E-state index contributed by atoms with van der Waals surface area (Å²) in [6.45, 7) is 0.842. The van der Waals surface area contributed by atoms with Gasteiger partial charge in [-0.05, 0) is 50.3 Å². The lowest BCUT2D eigenvalue weighted by Gasteiger charge is -2.25. The van der Waals surface area contributed by atoms with Gasteiger partial charge in [-0.15, -0.1) is 0 Å². The van der Waals surface area contributed by atoms with Gasteiger partial charge < -0.3 is 9.47 Å². The van der Waals surface area contributed by atoms with Gasteiger partial charge in [-0.2, -0.15) is 0 Å². The molecule has 0 radical (unpaired) electrons. The molecule has 0 saturated carbocycles. The lowest BCUT2D eigenvalue weighted by molar-refractivity contribution is 0.00850. The number of halogens is 1. The summed E-state index contributed by atoms with van der Waals surface area (Å²) in [7, 11) is 1.58. The number of methoxy groups -OCH3 is 1. The van der Waals surface area contributed by atoms with Crippen LogP contribution in [-0.4, -0.2) is 19.8 Å². The monoisotopic (exact) mass is 282 g/mol. The average molecular weight is 282 g/mol. The average Bonchev–Trinajstić information content (AvgIpc) is 2.49. The number of hydrogen-bond donors (Lipinski definition) is 2. The van der Waals surface area contributed by atoms with Gasteiger partial charge in [0.05, 0.1) is 13.2 Å². The van der Waals surface area contributed by atoms with Crippen molar-refractivity contribution in [3.63, 3.8) is 0 Å². The molecule has 0 aromatic heterocycles. The zero-order valence-corrected chi connectivity index (χ0v) is 11.9. The largest absolute Gasteiger partial charge is 0.496 e. The Morgan fingerprint density at radius 2 is 2.35 bits per heavy atom. The molecule has 1 aromatic carbocycles. The van der Waals surface area contributed by atoms with Crippen LogP contribution in [0.2, 0.25) is 0 Å². The van der Waals surface area contributed by atoms with Crippen LogP contribution in [0.1, 0.15) is 43.7 Å². The van der Waals surface area contributed by atoms with Crippen molar-refractivity contribution in [2.24, 2.45) is 5.84 Å². The Labute approximate surface area is 119 Å². The first-order valence-electron chi connectivity index (χ1n) is 7.15. The van der Waals surface area contributed by atoms with Crippen LogP contribution in [0.25, 0.3) is 0 Å². The van der Waals surface area contributed by atoms with Gasteiger partial charge in [0.25, 0.3) is 0 Å². The van der Waals surface area contributed by atoms with E-state index in [-0.39, 0.29) is 11.9 Å². The summed E-state index contributed by atoms with van der Waals surface area (Å²) in [4.78, 5) is 0. The van der Waals surface area contributed by atoms with Crippen molar-refractivity contribution in [3.8, 4) is 5.75 Å². The molecular formula is C15H23FN2O2. The molecule has 2 atom stereocenters. The van der Waals surface area contributed by atoms with E-state index in [1.165, 1.54) is 18.6 Å². The van der Waals surface area contributed by atoms with Crippen molar-refractivity contribution < 1.29 is 13.9 Å². The van der Waals surface area contributed by atoms with Gasteiger partial charge in [-0.25, -0.2) is 4.39 Å². The van der Waals surface area contributed by atoms with E-state index < -0.39 is 0 Å². The van der Waals surface area contributed by atoms with E-state index in [1.807, 2.05) is 0 Å². The molecule has 1 aromatic rings. The molecule has 0 bridgehead atoms. The van der Waals surface area contributed by atoms with Crippen molar-refractivity contribution in [1.82, 2.24) is 5.43 Å². The van der Waals surface area contributed by atoms with Gasteiger partial charge in [0.15, 0.2) is 0 Å². The predicted octanol–water partition coefficient (Wildman–Crippen LogP) is 2.69. The molecule has 5 heteroatoms. The standard InChI is InChI=1S/C15H23FN2O2/c1-19-15-8-5-11(16)10-13(15)14(18-17)7-6-12-4-2-3-9-20-12/h5,8,10,12,14,18H,2-4,6-7,9,17H2,1H3. The summed E-state index contributed by atoms with van der Waals surface area (Å²) in [6, 6.07) is 4.36. The fourth-order valence-corrected chi connectivity index (χ4v) is 2.69. The maximum Gasteiger partial charge on any atom is 0.123 e. The summed E-state index contributed by atoms with van der Waals surface area (Å²) in [5.41, 5.74) is 3.51. The van der Waals surface area contributed by atoms with Crippen LogP contribution in [0, 0.1) is 5.82 Å². The maximum atomic E-state index is 13.4. The summed E-state index contributed by atoms with van der Waals surface area (Å²) in [6.07, 6.45) is 5.45. The maximum absolute atomic E-state index is 13.4. The van der Waals surface area contributed by atoms with E-state index in [1.54, 1.807) is 13.2 Å². The molecule has 2 rings (SSSR count). The predicted molar refractivity (Wildman–Crippen MR) is 75.8 cm³/mol. The van der Waals surface area contributed by atoms with Crippen molar-refractivity contribution in [2.45, 2.75) is 44.2 Å². The molecule has 2 unspecified atom stereocenters. The van der Waals surface area contributed by atoms with Gasteiger partial charge in [-0.3, -0.25) is 11.3 Å². The molecule has 3 N–H and O–H groups in total. The van der Waals surface area contributed by atoms with E-state index in [2.05, 4.69) is 5.43 Å². The van der Waals surface area contributed by atoms with Gasteiger partial charge in [0, 0.05) is 18.2 Å². The van der Waals surface area contributed by atoms with Crippen LogP contribution in [0.3, 0.4) is 0 Å². The number of ether oxygens (including phenoxy) is 2. The molecule has 1 fully saturated rings.